The van der Waals surface area contributed by atoms with Crippen LogP contribution in [0.1, 0.15) is 33.1 Å². The van der Waals surface area contributed by atoms with Gasteiger partial charge in [0.1, 0.15) is 0 Å². The fourth-order valence-electron chi connectivity index (χ4n) is 2.47. The summed E-state index contributed by atoms with van der Waals surface area (Å²) in [5.74, 6) is 1.54. The number of carbonyl (C=O) groups excluding carboxylic acids is 1. The third kappa shape index (κ3) is 6.33. The van der Waals surface area contributed by atoms with Crippen LogP contribution >= 0.6 is 0 Å². The minimum atomic E-state index is 0.0889. The molecule has 2 unspecified atom stereocenters. The van der Waals surface area contributed by atoms with Gasteiger partial charge < -0.3 is 20.3 Å². The lowest BCUT2D eigenvalue weighted by molar-refractivity contribution is -0.121. The van der Waals surface area contributed by atoms with Gasteiger partial charge in [0.15, 0.2) is 5.96 Å². The fourth-order valence-corrected chi connectivity index (χ4v) is 2.47. The maximum atomic E-state index is 11.7. The van der Waals surface area contributed by atoms with Crippen molar-refractivity contribution in [1.29, 1.82) is 0 Å². The Bertz CT molecular complexity index is 347. The van der Waals surface area contributed by atoms with E-state index in [9.17, 15) is 4.79 Å². The van der Waals surface area contributed by atoms with Crippen molar-refractivity contribution >= 4 is 11.9 Å². The number of ether oxygens (including phenoxy) is 1. The number of nitrogens with zero attached hydrogens (tertiary/aromatic N) is 2. The standard InChI is InChI=1S/C15H30N4O2/c1-5-12(2)18-14(20)6-8-17-15(16-3)19-9-7-13(10-19)11-21-4/h12-13H,5-11H2,1-4H3,(H,16,17)(H,18,20). The van der Waals surface area contributed by atoms with Crippen LogP contribution in [0, 0.1) is 5.92 Å². The van der Waals surface area contributed by atoms with Crippen molar-refractivity contribution < 1.29 is 9.53 Å². The highest BCUT2D eigenvalue weighted by molar-refractivity contribution is 5.81. The Hall–Kier alpha value is -1.30. The van der Waals surface area contributed by atoms with E-state index in [1.54, 1.807) is 14.2 Å². The van der Waals surface area contributed by atoms with Crippen LogP contribution in [0.25, 0.3) is 0 Å². The molecule has 1 aliphatic rings. The average Bonchev–Trinajstić information content (AvgIpc) is 2.92. The first-order valence-corrected chi connectivity index (χ1v) is 7.84. The Morgan fingerprint density at radius 1 is 1.52 bits per heavy atom. The molecule has 0 bridgehead atoms. The molecular formula is C15H30N4O2. The minimum Gasteiger partial charge on any atom is -0.384 e. The van der Waals surface area contributed by atoms with Gasteiger partial charge in [0.2, 0.25) is 5.91 Å². The van der Waals surface area contributed by atoms with Gasteiger partial charge in [-0.15, -0.1) is 0 Å². The summed E-state index contributed by atoms with van der Waals surface area (Å²) in [7, 11) is 3.52. The van der Waals surface area contributed by atoms with Crippen LogP contribution in [-0.4, -0.2) is 63.2 Å². The number of hydrogen-bond donors (Lipinski definition) is 2. The minimum absolute atomic E-state index is 0.0889. The van der Waals surface area contributed by atoms with E-state index in [4.69, 9.17) is 4.74 Å². The van der Waals surface area contributed by atoms with Crippen LogP contribution in [0.15, 0.2) is 4.99 Å². The van der Waals surface area contributed by atoms with Gasteiger partial charge >= 0.3 is 0 Å². The summed E-state index contributed by atoms with van der Waals surface area (Å²) < 4.78 is 5.21. The summed E-state index contributed by atoms with van der Waals surface area (Å²) in [6.07, 6.45) is 2.55. The molecule has 0 aromatic carbocycles. The van der Waals surface area contributed by atoms with E-state index in [0.29, 0.717) is 18.9 Å². The highest BCUT2D eigenvalue weighted by atomic mass is 16.5. The predicted molar refractivity (Wildman–Crippen MR) is 85.4 cm³/mol. The zero-order chi connectivity index (χ0) is 15.7. The van der Waals surface area contributed by atoms with Crippen LogP contribution in [0.2, 0.25) is 0 Å². The molecule has 0 aromatic heterocycles. The first-order valence-electron chi connectivity index (χ1n) is 7.84. The second-order valence-electron chi connectivity index (χ2n) is 5.66. The van der Waals surface area contributed by atoms with E-state index in [-0.39, 0.29) is 11.9 Å². The molecule has 2 N–H and O–H groups in total. The van der Waals surface area contributed by atoms with Gasteiger partial charge in [0.25, 0.3) is 0 Å². The summed E-state index contributed by atoms with van der Waals surface area (Å²) in [6.45, 7) is 7.45. The molecule has 21 heavy (non-hydrogen) atoms. The van der Waals surface area contributed by atoms with Gasteiger partial charge in [-0.3, -0.25) is 9.79 Å². The molecule has 1 aliphatic heterocycles. The second-order valence-corrected chi connectivity index (χ2v) is 5.66. The third-order valence-electron chi connectivity index (χ3n) is 3.85. The summed E-state index contributed by atoms with van der Waals surface area (Å²) in [6, 6.07) is 0.241. The second kappa shape index (κ2) is 9.60. The van der Waals surface area contributed by atoms with Gasteiger partial charge in [0.05, 0.1) is 6.61 Å². The number of likely N-dealkylation sites (tertiary alicyclic amines) is 1. The number of rotatable bonds is 7. The number of aliphatic imine (C=N–C) groups is 1. The van der Waals surface area contributed by atoms with Crippen LogP contribution in [0.5, 0.6) is 0 Å². The summed E-state index contributed by atoms with van der Waals surface area (Å²) in [5, 5.41) is 6.24. The fraction of sp³-hybridized carbons (Fsp3) is 0.867. The maximum absolute atomic E-state index is 11.7. The van der Waals surface area contributed by atoms with E-state index in [0.717, 1.165) is 38.5 Å². The monoisotopic (exact) mass is 298 g/mol. The van der Waals surface area contributed by atoms with Crippen LogP contribution in [0.3, 0.4) is 0 Å². The number of methoxy groups -OCH3 is 1. The number of amides is 1. The number of guanidine groups is 1. The van der Waals surface area contributed by atoms with Crippen molar-refractivity contribution in [2.24, 2.45) is 10.9 Å². The zero-order valence-corrected chi connectivity index (χ0v) is 13.8. The lowest BCUT2D eigenvalue weighted by atomic mass is 10.1. The molecule has 0 aliphatic carbocycles. The van der Waals surface area contributed by atoms with Crippen molar-refractivity contribution in [2.45, 2.75) is 39.2 Å². The summed E-state index contributed by atoms with van der Waals surface area (Å²) in [5.41, 5.74) is 0. The Kier molecular flexibility index (Phi) is 8.12. The van der Waals surface area contributed by atoms with Crippen molar-refractivity contribution in [3.8, 4) is 0 Å². The predicted octanol–water partition coefficient (Wildman–Crippen LogP) is 0.835. The highest BCUT2D eigenvalue weighted by Crippen LogP contribution is 2.16. The third-order valence-corrected chi connectivity index (χ3v) is 3.85. The molecule has 0 saturated carbocycles. The lowest BCUT2D eigenvalue weighted by Crippen LogP contribution is -2.42. The molecule has 6 heteroatoms. The largest absolute Gasteiger partial charge is 0.384 e. The van der Waals surface area contributed by atoms with E-state index in [2.05, 4.69) is 27.4 Å². The molecule has 1 saturated heterocycles. The molecule has 2 atom stereocenters. The van der Waals surface area contributed by atoms with Crippen molar-refractivity contribution in [3.63, 3.8) is 0 Å². The lowest BCUT2D eigenvalue weighted by Gasteiger charge is -2.21. The molecule has 122 valence electrons. The van der Waals surface area contributed by atoms with Crippen LogP contribution in [-0.2, 0) is 9.53 Å². The SMILES string of the molecule is CCC(C)NC(=O)CCNC(=NC)N1CCC(COC)C1. The Balaban J connectivity index is 2.28. The quantitative estimate of drug-likeness (QED) is 0.540. The summed E-state index contributed by atoms with van der Waals surface area (Å²) >= 11 is 0. The molecule has 6 nitrogen and oxygen atoms in total. The van der Waals surface area contributed by atoms with Crippen molar-refractivity contribution in [2.75, 3.05) is 40.4 Å². The molecule has 0 spiro atoms. The highest BCUT2D eigenvalue weighted by Gasteiger charge is 2.24. The van der Waals surface area contributed by atoms with Gasteiger partial charge in [0, 0.05) is 52.2 Å². The smallest absolute Gasteiger partial charge is 0.221 e. The molecule has 1 rings (SSSR count). The van der Waals surface area contributed by atoms with Crippen molar-refractivity contribution in [3.05, 3.63) is 0 Å². The van der Waals surface area contributed by atoms with E-state index in [1.807, 2.05) is 6.92 Å². The van der Waals surface area contributed by atoms with Crippen LogP contribution < -0.4 is 10.6 Å². The summed E-state index contributed by atoms with van der Waals surface area (Å²) in [4.78, 5) is 18.2. The number of hydrogen-bond acceptors (Lipinski definition) is 3. The first kappa shape index (κ1) is 17.8. The average molecular weight is 298 g/mol. The number of carbonyl (C=O) groups is 1. The number of nitrogens with one attached hydrogen (secondary N) is 2. The molecule has 0 radical (unpaired) electrons. The van der Waals surface area contributed by atoms with Gasteiger partial charge in [-0.2, -0.15) is 0 Å². The zero-order valence-electron chi connectivity index (χ0n) is 13.8. The van der Waals surface area contributed by atoms with Crippen molar-refractivity contribution in [1.82, 2.24) is 15.5 Å². The molecular weight excluding hydrogens is 268 g/mol. The first-order chi connectivity index (χ1) is 10.1. The molecule has 0 aromatic rings. The Morgan fingerprint density at radius 3 is 2.90 bits per heavy atom. The van der Waals surface area contributed by atoms with E-state index in [1.165, 1.54) is 0 Å². The maximum Gasteiger partial charge on any atom is 0.221 e. The van der Waals surface area contributed by atoms with Gasteiger partial charge in [-0.25, -0.2) is 0 Å². The molecule has 1 amide bonds. The Labute approximate surface area is 128 Å². The molecule has 1 heterocycles. The molecule has 1 fully saturated rings. The van der Waals surface area contributed by atoms with E-state index < -0.39 is 0 Å². The normalized spacial score (nSPS) is 20.5. The van der Waals surface area contributed by atoms with E-state index >= 15 is 0 Å². The van der Waals surface area contributed by atoms with Gasteiger partial charge in [-0.05, 0) is 19.8 Å². The Morgan fingerprint density at radius 2 is 2.29 bits per heavy atom. The van der Waals surface area contributed by atoms with Gasteiger partial charge in [-0.1, -0.05) is 6.92 Å². The topological polar surface area (TPSA) is 66.0 Å². The van der Waals surface area contributed by atoms with Crippen LogP contribution in [0.4, 0.5) is 0 Å².